The molecule has 1 fully saturated rings. The molecule has 2 rings (SSSR count). The molecule has 0 amide bonds. The van der Waals surface area contributed by atoms with Crippen molar-refractivity contribution in [3.63, 3.8) is 0 Å². The summed E-state index contributed by atoms with van der Waals surface area (Å²) in [6.07, 6.45) is 6.58. The molecule has 0 heterocycles. The van der Waals surface area contributed by atoms with Crippen LogP contribution in [0.5, 0.6) is 0 Å². The molecule has 1 aromatic rings. The average Bonchev–Trinajstić information content (AvgIpc) is 2.47. The second-order valence-corrected chi connectivity index (χ2v) is 8.06. The Morgan fingerprint density at radius 1 is 1.05 bits per heavy atom. The van der Waals surface area contributed by atoms with Crippen LogP contribution in [0.4, 0.5) is 0 Å². The molecule has 1 aromatic carbocycles. The third-order valence-corrected chi connectivity index (χ3v) is 5.53. The van der Waals surface area contributed by atoms with Crippen LogP contribution in [-0.4, -0.2) is 6.54 Å². The van der Waals surface area contributed by atoms with Gasteiger partial charge in [-0.05, 0) is 72.9 Å². The van der Waals surface area contributed by atoms with Gasteiger partial charge >= 0.3 is 0 Å². The summed E-state index contributed by atoms with van der Waals surface area (Å²) in [5, 5.41) is 0. The van der Waals surface area contributed by atoms with E-state index in [-0.39, 0.29) is 0 Å². The van der Waals surface area contributed by atoms with Crippen LogP contribution < -0.4 is 5.73 Å². The van der Waals surface area contributed by atoms with Crippen molar-refractivity contribution in [2.45, 2.75) is 71.6 Å². The molecule has 1 aliphatic carbocycles. The van der Waals surface area contributed by atoms with Crippen LogP contribution in [0.2, 0.25) is 0 Å². The summed E-state index contributed by atoms with van der Waals surface area (Å²) in [6.45, 7) is 10.2. The van der Waals surface area contributed by atoms with Gasteiger partial charge in [-0.3, -0.25) is 0 Å². The minimum atomic E-state index is 0.479. The van der Waals surface area contributed by atoms with E-state index in [4.69, 9.17) is 5.73 Å². The SMILES string of the molecule is CC(CCN)c1ccc(C2CCC(C(C)(C)C)CC2)cc1. The van der Waals surface area contributed by atoms with Crippen molar-refractivity contribution >= 4 is 0 Å². The fourth-order valence-corrected chi connectivity index (χ4v) is 3.81. The maximum atomic E-state index is 5.66. The first-order chi connectivity index (χ1) is 9.91. The molecule has 0 aromatic heterocycles. The van der Waals surface area contributed by atoms with Crippen molar-refractivity contribution < 1.29 is 0 Å². The Morgan fingerprint density at radius 3 is 2.10 bits per heavy atom. The normalized spacial score (nSPS) is 24.8. The molecular formula is C20H33N. The lowest BCUT2D eigenvalue weighted by atomic mass is 9.68. The summed E-state index contributed by atoms with van der Waals surface area (Å²) < 4.78 is 0. The standard InChI is InChI=1S/C20H33N/c1-15(13-14-21)16-5-7-17(8-6-16)18-9-11-19(12-10-18)20(2,3)4/h5-8,15,18-19H,9-14,21H2,1-4H3. The van der Waals surface area contributed by atoms with Gasteiger partial charge in [0.15, 0.2) is 0 Å². The Morgan fingerprint density at radius 2 is 1.62 bits per heavy atom. The molecule has 1 atom stereocenters. The van der Waals surface area contributed by atoms with Gasteiger partial charge in [0.2, 0.25) is 0 Å². The smallest absolute Gasteiger partial charge is 0.00715 e. The summed E-state index contributed by atoms with van der Waals surface area (Å²) >= 11 is 0. The van der Waals surface area contributed by atoms with E-state index in [0.717, 1.165) is 24.8 Å². The van der Waals surface area contributed by atoms with E-state index in [1.54, 1.807) is 5.56 Å². The van der Waals surface area contributed by atoms with Gasteiger partial charge in [-0.2, -0.15) is 0 Å². The largest absolute Gasteiger partial charge is 0.330 e. The summed E-state index contributed by atoms with van der Waals surface area (Å²) in [6, 6.07) is 9.38. The van der Waals surface area contributed by atoms with Crippen LogP contribution in [0.1, 0.15) is 82.8 Å². The predicted molar refractivity (Wildman–Crippen MR) is 92.7 cm³/mol. The Hall–Kier alpha value is -0.820. The van der Waals surface area contributed by atoms with Crippen molar-refractivity contribution in [3.8, 4) is 0 Å². The molecule has 2 N–H and O–H groups in total. The molecule has 1 nitrogen and oxygen atoms in total. The van der Waals surface area contributed by atoms with E-state index in [1.807, 2.05) is 0 Å². The Labute approximate surface area is 131 Å². The van der Waals surface area contributed by atoms with E-state index in [9.17, 15) is 0 Å². The molecule has 1 aliphatic rings. The first-order valence-electron chi connectivity index (χ1n) is 8.71. The lowest BCUT2D eigenvalue weighted by Gasteiger charge is -2.37. The van der Waals surface area contributed by atoms with Gasteiger partial charge in [-0.15, -0.1) is 0 Å². The lowest BCUT2D eigenvalue weighted by molar-refractivity contribution is 0.169. The topological polar surface area (TPSA) is 26.0 Å². The fraction of sp³-hybridized carbons (Fsp3) is 0.700. The van der Waals surface area contributed by atoms with Crippen molar-refractivity contribution in [1.29, 1.82) is 0 Å². The highest BCUT2D eigenvalue weighted by Crippen LogP contribution is 2.43. The zero-order chi connectivity index (χ0) is 15.5. The second-order valence-electron chi connectivity index (χ2n) is 8.06. The van der Waals surface area contributed by atoms with Crippen molar-refractivity contribution in [2.24, 2.45) is 17.1 Å². The van der Waals surface area contributed by atoms with Crippen LogP contribution in [-0.2, 0) is 0 Å². The number of nitrogens with two attached hydrogens (primary N) is 1. The summed E-state index contributed by atoms with van der Waals surface area (Å²) in [5.74, 6) is 2.26. The lowest BCUT2D eigenvalue weighted by Crippen LogP contribution is -2.25. The third kappa shape index (κ3) is 4.32. The zero-order valence-electron chi connectivity index (χ0n) is 14.4. The van der Waals surface area contributed by atoms with Gasteiger partial charge in [0.05, 0.1) is 0 Å². The zero-order valence-corrected chi connectivity index (χ0v) is 14.4. The quantitative estimate of drug-likeness (QED) is 0.782. The highest BCUT2D eigenvalue weighted by Gasteiger charge is 2.30. The third-order valence-electron chi connectivity index (χ3n) is 5.53. The molecule has 0 spiro atoms. The minimum absolute atomic E-state index is 0.479. The van der Waals surface area contributed by atoms with Gasteiger partial charge < -0.3 is 5.73 Å². The van der Waals surface area contributed by atoms with Gasteiger partial charge in [-0.1, -0.05) is 52.0 Å². The highest BCUT2D eigenvalue weighted by atomic mass is 14.5. The van der Waals surface area contributed by atoms with Gasteiger partial charge in [0.25, 0.3) is 0 Å². The van der Waals surface area contributed by atoms with Crippen molar-refractivity contribution in [3.05, 3.63) is 35.4 Å². The Bertz CT molecular complexity index is 418. The summed E-state index contributed by atoms with van der Waals surface area (Å²) in [5.41, 5.74) is 9.13. The molecule has 0 radical (unpaired) electrons. The molecule has 1 unspecified atom stereocenters. The number of benzene rings is 1. The summed E-state index contributed by atoms with van der Waals surface area (Å²) in [7, 11) is 0. The van der Waals surface area contributed by atoms with Gasteiger partial charge in [-0.25, -0.2) is 0 Å². The van der Waals surface area contributed by atoms with E-state index in [2.05, 4.69) is 52.0 Å². The number of hydrogen-bond donors (Lipinski definition) is 1. The van der Waals surface area contributed by atoms with Crippen molar-refractivity contribution in [2.75, 3.05) is 6.54 Å². The first-order valence-corrected chi connectivity index (χ1v) is 8.71. The van der Waals surface area contributed by atoms with E-state index >= 15 is 0 Å². The molecular weight excluding hydrogens is 254 g/mol. The van der Waals surface area contributed by atoms with E-state index in [1.165, 1.54) is 31.2 Å². The average molecular weight is 287 g/mol. The number of hydrogen-bond acceptors (Lipinski definition) is 1. The molecule has 0 bridgehead atoms. The summed E-state index contributed by atoms with van der Waals surface area (Å²) in [4.78, 5) is 0. The highest BCUT2D eigenvalue weighted by molar-refractivity contribution is 5.27. The monoisotopic (exact) mass is 287 g/mol. The molecule has 21 heavy (non-hydrogen) atoms. The molecule has 1 saturated carbocycles. The minimum Gasteiger partial charge on any atom is -0.330 e. The Balaban J connectivity index is 1.95. The maximum Gasteiger partial charge on any atom is -0.00715 e. The fourth-order valence-electron chi connectivity index (χ4n) is 3.81. The second kappa shape index (κ2) is 6.96. The van der Waals surface area contributed by atoms with Gasteiger partial charge in [0.1, 0.15) is 0 Å². The van der Waals surface area contributed by atoms with Crippen LogP contribution in [0.25, 0.3) is 0 Å². The molecule has 118 valence electrons. The van der Waals surface area contributed by atoms with Crippen LogP contribution in [0.3, 0.4) is 0 Å². The van der Waals surface area contributed by atoms with Gasteiger partial charge in [0, 0.05) is 0 Å². The molecule has 1 heteroatoms. The van der Waals surface area contributed by atoms with Crippen LogP contribution in [0, 0.1) is 11.3 Å². The number of rotatable bonds is 4. The Kier molecular flexibility index (Phi) is 5.48. The predicted octanol–water partition coefficient (Wildman–Crippen LogP) is 5.46. The molecule has 0 aliphatic heterocycles. The van der Waals surface area contributed by atoms with E-state index in [0.29, 0.717) is 11.3 Å². The van der Waals surface area contributed by atoms with Crippen LogP contribution >= 0.6 is 0 Å². The maximum absolute atomic E-state index is 5.66. The van der Waals surface area contributed by atoms with Crippen molar-refractivity contribution in [1.82, 2.24) is 0 Å². The van der Waals surface area contributed by atoms with Crippen LogP contribution in [0.15, 0.2) is 24.3 Å². The first kappa shape index (κ1) is 16.5. The van der Waals surface area contributed by atoms with E-state index < -0.39 is 0 Å². The molecule has 0 saturated heterocycles.